The van der Waals surface area contributed by atoms with Gasteiger partial charge in [0.25, 0.3) is 5.91 Å². The van der Waals surface area contributed by atoms with E-state index in [0.717, 1.165) is 0 Å². The van der Waals surface area contributed by atoms with Gasteiger partial charge in [0.15, 0.2) is 0 Å². The van der Waals surface area contributed by atoms with Gasteiger partial charge in [-0.1, -0.05) is 0 Å². The predicted molar refractivity (Wildman–Crippen MR) is 145 cm³/mol. The molecule has 0 radical (unpaired) electrons. The molecule has 11 nitrogen and oxygen atoms in total. The molecule has 1 aromatic carbocycles. The summed E-state index contributed by atoms with van der Waals surface area (Å²) in [5.74, 6) is -1.63. The van der Waals surface area contributed by atoms with Gasteiger partial charge in [-0.3, -0.25) is 14.4 Å². The van der Waals surface area contributed by atoms with Crippen molar-refractivity contribution in [2.24, 2.45) is 0 Å². The lowest BCUT2D eigenvalue weighted by Crippen LogP contribution is -2.41. The highest BCUT2D eigenvalue weighted by Gasteiger charge is 2.26. The molecule has 3 amide bonds. The summed E-state index contributed by atoms with van der Waals surface area (Å²) in [6.07, 6.45) is -1.61. The predicted octanol–water partition coefficient (Wildman–Crippen LogP) is -1.16. The molecule has 0 fully saturated rings. The van der Waals surface area contributed by atoms with Gasteiger partial charge in [-0.05, 0) is 85.8 Å². The van der Waals surface area contributed by atoms with Gasteiger partial charge in [0.2, 0.25) is 11.8 Å². The molecule has 0 saturated heterocycles. The van der Waals surface area contributed by atoms with Crippen molar-refractivity contribution in [3.05, 3.63) is 21.8 Å². The summed E-state index contributed by atoms with van der Waals surface area (Å²) >= 11 is 5.93. The lowest BCUT2D eigenvalue weighted by molar-refractivity contribution is -0.123. The quantitative estimate of drug-likeness (QED) is 0.122. The normalized spacial score (nSPS) is 12.1. The van der Waals surface area contributed by atoms with Crippen molar-refractivity contribution < 1.29 is 39.9 Å². The molecule has 8 N–H and O–H groups in total. The van der Waals surface area contributed by atoms with Crippen LogP contribution in [0.4, 0.5) is 5.69 Å². The number of carbonyl (C=O) groups excluding carboxylic acids is 3. The molecule has 14 heteroatoms. The monoisotopic (exact) mass is 805 g/mol. The van der Waals surface area contributed by atoms with Crippen LogP contribution >= 0.6 is 67.8 Å². The van der Waals surface area contributed by atoms with E-state index in [1.54, 1.807) is 0 Å². The van der Waals surface area contributed by atoms with Gasteiger partial charge in [-0.2, -0.15) is 0 Å². The van der Waals surface area contributed by atoms with E-state index in [1.165, 1.54) is 6.92 Å². The number of amides is 3. The van der Waals surface area contributed by atoms with Gasteiger partial charge in [0.1, 0.15) is 6.10 Å². The molecule has 0 spiro atoms. The molecule has 1 atom stereocenters. The number of hydrogen-bond acceptors (Lipinski definition) is 8. The van der Waals surface area contributed by atoms with Crippen molar-refractivity contribution in [2.75, 3.05) is 31.7 Å². The second-order valence-electron chi connectivity index (χ2n) is 7.05. The first kappa shape index (κ1) is 30.7. The molecule has 0 saturated carbocycles. The second kappa shape index (κ2) is 14.9. The molecular weight excluding hydrogens is 779 g/mol. The first-order chi connectivity index (χ1) is 15.5. The topological polar surface area (TPSA) is 188 Å². The Balaban J connectivity index is 3.44. The second-order valence-corrected chi connectivity index (χ2v) is 10.3. The fraction of sp³-hybridized carbons (Fsp3) is 0.526. The van der Waals surface area contributed by atoms with Crippen molar-refractivity contribution in [2.45, 2.75) is 38.0 Å². The summed E-state index contributed by atoms with van der Waals surface area (Å²) in [5.41, 5.74) is 1.34. The number of aliphatic hydroxyl groups is 5. The van der Waals surface area contributed by atoms with Crippen LogP contribution in [-0.4, -0.2) is 87.9 Å². The summed E-state index contributed by atoms with van der Waals surface area (Å²) < 4.78 is 1.65. The van der Waals surface area contributed by atoms with Crippen LogP contribution in [0.15, 0.2) is 0 Å². The van der Waals surface area contributed by atoms with E-state index >= 15 is 0 Å². The van der Waals surface area contributed by atoms with Crippen LogP contribution in [0.1, 0.15) is 18.1 Å². The Kier molecular flexibility index (Phi) is 13.8. The molecule has 0 unspecified atom stereocenters. The average Bonchev–Trinajstić information content (AvgIpc) is 2.78. The molecule has 186 valence electrons. The van der Waals surface area contributed by atoms with E-state index in [1.807, 2.05) is 67.8 Å². The Morgan fingerprint density at radius 1 is 0.758 bits per heavy atom. The maximum atomic E-state index is 12.5. The third kappa shape index (κ3) is 8.97. The summed E-state index contributed by atoms with van der Waals surface area (Å²) in [6.45, 7) is -0.469. The summed E-state index contributed by atoms with van der Waals surface area (Å²) in [4.78, 5) is 37.2. The SMILES string of the molecule is C[C@H](O)C(=O)Nc1c(I)c(CC(=O)NC(CO)CO)c(I)c(CC(=O)NC(CO)CO)c1I. The van der Waals surface area contributed by atoms with Crippen molar-refractivity contribution in [1.29, 1.82) is 0 Å². The molecule has 0 aliphatic heterocycles. The van der Waals surface area contributed by atoms with Gasteiger partial charge in [0, 0.05) is 10.7 Å². The number of rotatable bonds is 12. The van der Waals surface area contributed by atoms with Crippen LogP contribution in [0.3, 0.4) is 0 Å². The highest BCUT2D eigenvalue weighted by molar-refractivity contribution is 14.1. The highest BCUT2D eigenvalue weighted by atomic mass is 127. The number of hydrogen-bond donors (Lipinski definition) is 8. The Morgan fingerprint density at radius 3 is 1.42 bits per heavy atom. The van der Waals surface area contributed by atoms with E-state index in [0.29, 0.717) is 27.5 Å². The van der Waals surface area contributed by atoms with E-state index in [4.69, 9.17) is 0 Å². The number of nitrogens with one attached hydrogen (secondary N) is 3. The Labute approximate surface area is 231 Å². The van der Waals surface area contributed by atoms with Gasteiger partial charge in [-0.25, -0.2) is 0 Å². The smallest absolute Gasteiger partial charge is 0.252 e. The minimum absolute atomic E-state index is 0.161. The van der Waals surface area contributed by atoms with Crippen LogP contribution in [0, 0.1) is 10.7 Å². The molecular formula is C19H26I3N3O8. The third-order valence-corrected chi connectivity index (χ3v) is 8.10. The van der Waals surface area contributed by atoms with Crippen LogP contribution in [0.25, 0.3) is 0 Å². The molecule has 0 aromatic heterocycles. The van der Waals surface area contributed by atoms with E-state index in [-0.39, 0.29) is 12.8 Å². The molecule has 1 aromatic rings. The maximum Gasteiger partial charge on any atom is 0.252 e. The van der Waals surface area contributed by atoms with Crippen LogP contribution in [-0.2, 0) is 27.2 Å². The zero-order chi connectivity index (χ0) is 25.3. The van der Waals surface area contributed by atoms with Crippen molar-refractivity contribution >= 4 is 91.2 Å². The fourth-order valence-electron chi connectivity index (χ4n) is 2.60. The van der Waals surface area contributed by atoms with Gasteiger partial charge < -0.3 is 41.5 Å². The Morgan fingerprint density at radius 2 is 1.12 bits per heavy atom. The number of aliphatic hydroxyl groups excluding tert-OH is 5. The van der Waals surface area contributed by atoms with Gasteiger partial charge in [-0.15, -0.1) is 0 Å². The van der Waals surface area contributed by atoms with Gasteiger partial charge >= 0.3 is 0 Å². The van der Waals surface area contributed by atoms with E-state index in [2.05, 4.69) is 16.0 Å². The number of halogens is 3. The molecule has 0 bridgehead atoms. The average molecular weight is 805 g/mol. The minimum Gasteiger partial charge on any atom is -0.394 e. The number of benzene rings is 1. The van der Waals surface area contributed by atoms with Crippen molar-refractivity contribution in [3.63, 3.8) is 0 Å². The third-order valence-electron chi connectivity index (χ3n) is 4.41. The summed E-state index contributed by atoms with van der Waals surface area (Å²) in [5, 5.41) is 54.1. The largest absolute Gasteiger partial charge is 0.394 e. The summed E-state index contributed by atoms with van der Waals surface area (Å²) in [6, 6.07) is -1.66. The summed E-state index contributed by atoms with van der Waals surface area (Å²) in [7, 11) is 0. The molecule has 0 aliphatic carbocycles. The van der Waals surface area contributed by atoms with E-state index < -0.39 is 62.3 Å². The van der Waals surface area contributed by atoms with Gasteiger partial charge in [0.05, 0.1) is 57.0 Å². The highest BCUT2D eigenvalue weighted by Crippen LogP contribution is 2.36. The standard InChI is InChI=1S/C19H26I3N3O8/c1-8(30)19(33)25-18-16(21)11(2-13(31)23-9(4-26)5-27)15(20)12(17(18)22)3-14(32)24-10(6-28)7-29/h8-10,26-30H,2-7H2,1H3,(H,23,31)(H,24,32)(H,25,33)/t8-/m0/s1. The van der Waals surface area contributed by atoms with Crippen LogP contribution in [0.2, 0.25) is 0 Å². The van der Waals surface area contributed by atoms with Crippen molar-refractivity contribution in [3.8, 4) is 0 Å². The fourth-order valence-corrected chi connectivity index (χ4v) is 6.80. The van der Waals surface area contributed by atoms with Crippen molar-refractivity contribution in [1.82, 2.24) is 10.6 Å². The first-order valence-electron chi connectivity index (χ1n) is 9.69. The number of carbonyl (C=O) groups is 3. The minimum atomic E-state index is -1.29. The molecule has 0 aliphatic rings. The lowest BCUT2D eigenvalue weighted by Gasteiger charge is -2.22. The molecule has 1 rings (SSSR count). The zero-order valence-corrected chi connectivity index (χ0v) is 24.0. The maximum absolute atomic E-state index is 12.5. The molecule has 0 heterocycles. The lowest BCUT2D eigenvalue weighted by atomic mass is 10.0. The zero-order valence-electron chi connectivity index (χ0n) is 17.6. The van der Waals surface area contributed by atoms with E-state index in [9.17, 15) is 39.9 Å². The first-order valence-corrected chi connectivity index (χ1v) is 12.9. The molecule has 33 heavy (non-hydrogen) atoms. The Bertz CT molecular complexity index is 806. The van der Waals surface area contributed by atoms with Crippen LogP contribution in [0.5, 0.6) is 0 Å². The Hall–Kier alpha value is -0.380. The number of anilines is 1. The van der Waals surface area contributed by atoms with Crippen LogP contribution < -0.4 is 16.0 Å².